The van der Waals surface area contributed by atoms with Gasteiger partial charge in [-0.2, -0.15) is 13.2 Å². The Morgan fingerprint density at radius 2 is 1.86 bits per heavy atom. The standard InChI is InChI=1S/C15H21F3N2O/c16-15(17,18)12-8-11(19)4-5-13(12)20-9-14(10-21)6-2-1-3-7-14/h4-5,8,20-21H,1-3,6-7,9-10,19H2. The summed E-state index contributed by atoms with van der Waals surface area (Å²) in [5, 5.41) is 12.5. The fourth-order valence-electron chi connectivity index (χ4n) is 2.93. The molecule has 0 unspecified atom stereocenters. The lowest BCUT2D eigenvalue weighted by Gasteiger charge is -2.36. The molecule has 0 aromatic heterocycles. The molecule has 21 heavy (non-hydrogen) atoms. The number of nitrogens with two attached hydrogens (primary N) is 1. The van der Waals surface area contributed by atoms with Gasteiger partial charge in [0.05, 0.1) is 12.2 Å². The molecule has 0 aliphatic heterocycles. The number of halogens is 3. The number of alkyl halides is 3. The van der Waals surface area contributed by atoms with E-state index in [1.807, 2.05) is 0 Å². The molecule has 3 nitrogen and oxygen atoms in total. The minimum absolute atomic E-state index is 0.00365. The number of aliphatic hydroxyl groups excluding tert-OH is 1. The van der Waals surface area contributed by atoms with Crippen LogP contribution < -0.4 is 11.1 Å². The second-order valence-electron chi connectivity index (χ2n) is 5.88. The van der Waals surface area contributed by atoms with E-state index in [4.69, 9.17) is 5.73 Å². The predicted octanol–water partition coefficient (Wildman–Crippen LogP) is 3.64. The van der Waals surface area contributed by atoms with E-state index in [0.29, 0.717) is 6.54 Å². The molecular weight excluding hydrogens is 281 g/mol. The molecule has 1 saturated carbocycles. The zero-order valence-corrected chi connectivity index (χ0v) is 11.8. The van der Waals surface area contributed by atoms with E-state index in [-0.39, 0.29) is 23.4 Å². The summed E-state index contributed by atoms with van der Waals surface area (Å²) in [5.74, 6) is 0. The second kappa shape index (κ2) is 6.13. The lowest BCUT2D eigenvalue weighted by atomic mass is 9.74. The summed E-state index contributed by atoms with van der Waals surface area (Å²) in [5.41, 5.74) is 4.48. The molecule has 0 atom stereocenters. The molecule has 1 aliphatic rings. The van der Waals surface area contributed by atoms with Gasteiger partial charge in [-0.05, 0) is 31.0 Å². The molecule has 0 saturated heterocycles. The highest BCUT2D eigenvalue weighted by Crippen LogP contribution is 2.39. The van der Waals surface area contributed by atoms with Crippen LogP contribution in [-0.2, 0) is 6.18 Å². The molecule has 1 fully saturated rings. The van der Waals surface area contributed by atoms with Gasteiger partial charge < -0.3 is 16.2 Å². The zero-order chi connectivity index (χ0) is 15.5. The Hall–Kier alpha value is -1.43. The van der Waals surface area contributed by atoms with Crippen LogP contribution in [0.5, 0.6) is 0 Å². The summed E-state index contributed by atoms with van der Waals surface area (Å²) in [6.07, 6.45) is 0.375. The fourth-order valence-corrected chi connectivity index (χ4v) is 2.93. The first-order chi connectivity index (χ1) is 9.86. The fraction of sp³-hybridized carbons (Fsp3) is 0.600. The summed E-state index contributed by atoms with van der Waals surface area (Å²) in [4.78, 5) is 0. The largest absolute Gasteiger partial charge is 0.418 e. The van der Waals surface area contributed by atoms with E-state index in [9.17, 15) is 18.3 Å². The van der Waals surface area contributed by atoms with Crippen LogP contribution in [0.4, 0.5) is 24.5 Å². The lowest BCUT2D eigenvalue weighted by molar-refractivity contribution is -0.136. The van der Waals surface area contributed by atoms with Gasteiger partial charge in [0.15, 0.2) is 0 Å². The average Bonchev–Trinajstić information content (AvgIpc) is 2.46. The van der Waals surface area contributed by atoms with Crippen molar-refractivity contribution in [2.45, 2.75) is 38.3 Å². The monoisotopic (exact) mass is 302 g/mol. The number of anilines is 2. The third-order valence-electron chi connectivity index (χ3n) is 4.25. The zero-order valence-electron chi connectivity index (χ0n) is 11.8. The molecule has 0 radical (unpaired) electrons. The maximum atomic E-state index is 13.0. The average molecular weight is 302 g/mol. The Morgan fingerprint density at radius 3 is 2.43 bits per heavy atom. The van der Waals surface area contributed by atoms with Crippen molar-refractivity contribution in [2.75, 3.05) is 24.2 Å². The van der Waals surface area contributed by atoms with Crippen molar-refractivity contribution in [3.8, 4) is 0 Å². The third-order valence-corrected chi connectivity index (χ3v) is 4.25. The normalized spacial score (nSPS) is 18.5. The van der Waals surface area contributed by atoms with Gasteiger partial charge >= 0.3 is 6.18 Å². The van der Waals surface area contributed by atoms with Crippen LogP contribution in [0, 0.1) is 5.41 Å². The molecule has 118 valence electrons. The number of benzene rings is 1. The van der Waals surface area contributed by atoms with Crippen molar-refractivity contribution in [2.24, 2.45) is 5.41 Å². The molecule has 0 heterocycles. The van der Waals surface area contributed by atoms with Gasteiger partial charge in [-0.25, -0.2) is 0 Å². The minimum atomic E-state index is -4.45. The molecule has 6 heteroatoms. The van der Waals surface area contributed by atoms with Crippen molar-refractivity contribution < 1.29 is 18.3 Å². The first-order valence-corrected chi connectivity index (χ1v) is 7.18. The number of nitrogens with one attached hydrogen (secondary N) is 1. The van der Waals surface area contributed by atoms with Gasteiger partial charge in [0.2, 0.25) is 0 Å². The summed E-state index contributed by atoms with van der Waals surface area (Å²) < 4.78 is 39.1. The topological polar surface area (TPSA) is 58.3 Å². The first-order valence-electron chi connectivity index (χ1n) is 7.18. The first kappa shape index (κ1) is 15.9. The van der Waals surface area contributed by atoms with Crippen LogP contribution in [0.2, 0.25) is 0 Å². The van der Waals surface area contributed by atoms with Crippen LogP contribution in [0.15, 0.2) is 18.2 Å². The maximum absolute atomic E-state index is 13.0. The van der Waals surface area contributed by atoms with Gasteiger partial charge in [-0.1, -0.05) is 19.3 Å². The molecule has 1 aliphatic carbocycles. The molecule has 1 aromatic rings. The van der Waals surface area contributed by atoms with Crippen molar-refractivity contribution in [1.29, 1.82) is 0 Å². The van der Waals surface area contributed by atoms with Gasteiger partial charge in [-0.3, -0.25) is 0 Å². The van der Waals surface area contributed by atoms with Crippen LogP contribution in [0.3, 0.4) is 0 Å². The minimum Gasteiger partial charge on any atom is -0.399 e. The second-order valence-corrected chi connectivity index (χ2v) is 5.88. The summed E-state index contributed by atoms with van der Waals surface area (Å²) in [6, 6.07) is 3.74. The van der Waals surface area contributed by atoms with Gasteiger partial charge in [0.25, 0.3) is 0 Å². The van der Waals surface area contributed by atoms with E-state index in [2.05, 4.69) is 5.32 Å². The van der Waals surface area contributed by atoms with Crippen LogP contribution in [0.25, 0.3) is 0 Å². The van der Waals surface area contributed by atoms with Crippen LogP contribution >= 0.6 is 0 Å². The number of aliphatic hydroxyl groups is 1. The Labute approximate surface area is 122 Å². The molecule has 2 rings (SSSR count). The number of hydrogen-bond donors (Lipinski definition) is 3. The highest BCUT2D eigenvalue weighted by atomic mass is 19.4. The SMILES string of the molecule is Nc1ccc(NCC2(CO)CCCCC2)c(C(F)(F)F)c1. The van der Waals surface area contributed by atoms with Gasteiger partial charge in [0, 0.05) is 23.3 Å². The quantitative estimate of drug-likeness (QED) is 0.744. The van der Waals surface area contributed by atoms with Gasteiger partial charge in [-0.15, -0.1) is 0 Å². The molecule has 0 spiro atoms. The predicted molar refractivity (Wildman–Crippen MR) is 76.9 cm³/mol. The molecule has 4 N–H and O–H groups in total. The Morgan fingerprint density at radius 1 is 1.19 bits per heavy atom. The Kier molecular flexibility index (Phi) is 4.66. The maximum Gasteiger partial charge on any atom is 0.418 e. The van der Waals surface area contributed by atoms with E-state index in [0.717, 1.165) is 38.2 Å². The smallest absolute Gasteiger partial charge is 0.399 e. The van der Waals surface area contributed by atoms with Crippen LogP contribution in [0.1, 0.15) is 37.7 Å². The summed E-state index contributed by atoms with van der Waals surface area (Å²) in [6.45, 7) is 0.340. The Bertz CT molecular complexity index is 482. The third kappa shape index (κ3) is 3.81. The van der Waals surface area contributed by atoms with Gasteiger partial charge in [0.1, 0.15) is 0 Å². The van der Waals surface area contributed by atoms with Crippen molar-refractivity contribution >= 4 is 11.4 Å². The van der Waals surface area contributed by atoms with E-state index < -0.39 is 11.7 Å². The van der Waals surface area contributed by atoms with Crippen molar-refractivity contribution in [3.05, 3.63) is 23.8 Å². The van der Waals surface area contributed by atoms with E-state index >= 15 is 0 Å². The summed E-state index contributed by atoms with van der Waals surface area (Å²) >= 11 is 0. The Balaban J connectivity index is 2.16. The summed E-state index contributed by atoms with van der Waals surface area (Å²) in [7, 11) is 0. The highest BCUT2D eigenvalue weighted by Gasteiger charge is 2.35. The molecule has 1 aromatic carbocycles. The lowest BCUT2D eigenvalue weighted by Crippen LogP contribution is -2.36. The molecule has 0 bridgehead atoms. The van der Waals surface area contributed by atoms with Crippen molar-refractivity contribution in [3.63, 3.8) is 0 Å². The molecule has 0 amide bonds. The van der Waals surface area contributed by atoms with Crippen LogP contribution in [-0.4, -0.2) is 18.3 Å². The van der Waals surface area contributed by atoms with Crippen molar-refractivity contribution in [1.82, 2.24) is 0 Å². The van der Waals surface area contributed by atoms with E-state index in [1.54, 1.807) is 0 Å². The van der Waals surface area contributed by atoms with E-state index in [1.165, 1.54) is 12.1 Å². The number of hydrogen-bond acceptors (Lipinski definition) is 3. The molecular formula is C15H21F3N2O. The number of nitrogen functional groups attached to an aromatic ring is 1. The highest BCUT2D eigenvalue weighted by molar-refractivity contribution is 5.59. The number of rotatable bonds is 4.